The molecule has 0 saturated heterocycles. The quantitative estimate of drug-likeness (QED) is 0.878. The lowest BCUT2D eigenvalue weighted by atomic mass is 9.85. The highest BCUT2D eigenvalue weighted by atomic mass is 16.3. The van der Waals surface area contributed by atoms with Gasteiger partial charge in [0.05, 0.1) is 6.10 Å². The van der Waals surface area contributed by atoms with Crippen LogP contribution in [0.15, 0.2) is 12.1 Å². The van der Waals surface area contributed by atoms with Gasteiger partial charge in [-0.05, 0) is 63.3 Å². The molecule has 19 heavy (non-hydrogen) atoms. The van der Waals surface area contributed by atoms with Crippen LogP contribution in [0.5, 0.6) is 0 Å². The van der Waals surface area contributed by atoms with Crippen molar-refractivity contribution in [2.45, 2.75) is 46.1 Å². The Morgan fingerprint density at radius 2 is 1.79 bits per heavy atom. The summed E-state index contributed by atoms with van der Waals surface area (Å²) in [5.74, 6) is 0.859. The third kappa shape index (κ3) is 3.58. The Hall–Kier alpha value is -0.860. The molecule has 0 aliphatic heterocycles. The van der Waals surface area contributed by atoms with Crippen LogP contribution in [-0.2, 0) is 0 Å². The van der Waals surface area contributed by atoms with Crippen molar-refractivity contribution in [2.24, 2.45) is 5.92 Å². The van der Waals surface area contributed by atoms with E-state index in [1.165, 1.54) is 36.0 Å². The average molecular weight is 261 g/mol. The highest BCUT2D eigenvalue weighted by molar-refractivity contribution is 5.39. The highest BCUT2D eigenvalue weighted by Gasteiger charge is 2.21. The fourth-order valence-corrected chi connectivity index (χ4v) is 3.29. The molecule has 1 atom stereocenters. The molecule has 2 nitrogen and oxygen atoms in total. The smallest absolute Gasteiger partial charge is 0.0921 e. The summed E-state index contributed by atoms with van der Waals surface area (Å²) in [5, 5.41) is 10.5. The fraction of sp³-hybridized carbons (Fsp3) is 0.647. The normalized spacial score (nSPS) is 17.6. The summed E-state index contributed by atoms with van der Waals surface area (Å²) in [6.45, 7) is 8.18. The van der Waals surface area contributed by atoms with E-state index in [-0.39, 0.29) is 6.10 Å². The molecule has 1 aliphatic carbocycles. The van der Waals surface area contributed by atoms with Crippen LogP contribution in [0.4, 0.5) is 0 Å². The van der Waals surface area contributed by atoms with Crippen LogP contribution >= 0.6 is 0 Å². The van der Waals surface area contributed by atoms with Crippen LogP contribution in [0.1, 0.15) is 47.6 Å². The van der Waals surface area contributed by atoms with Gasteiger partial charge in [0, 0.05) is 13.1 Å². The molecule has 1 aromatic carbocycles. The van der Waals surface area contributed by atoms with Crippen LogP contribution in [0, 0.1) is 26.7 Å². The van der Waals surface area contributed by atoms with Crippen molar-refractivity contribution in [1.82, 2.24) is 4.90 Å². The summed E-state index contributed by atoms with van der Waals surface area (Å²) in [6, 6.07) is 4.33. The topological polar surface area (TPSA) is 23.5 Å². The maximum absolute atomic E-state index is 10.5. The molecule has 106 valence electrons. The van der Waals surface area contributed by atoms with Gasteiger partial charge in [0.15, 0.2) is 0 Å². The Balaban J connectivity index is 2.00. The number of nitrogens with zero attached hydrogens (tertiary/aromatic N) is 1. The van der Waals surface area contributed by atoms with Crippen LogP contribution in [0.3, 0.4) is 0 Å². The minimum atomic E-state index is -0.370. The number of benzene rings is 1. The number of aryl methyl sites for hydroxylation is 3. The Morgan fingerprint density at radius 1 is 1.21 bits per heavy atom. The van der Waals surface area contributed by atoms with Crippen molar-refractivity contribution in [1.29, 1.82) is 0 Å². The first-order chi connectivity index (χ1) is 8.97. The highest BCUT2D eigenvalue weighted by Crippen LogP contribution is 2.28. The van der Waals surface area contributed by atoms with Gasteiger partial charge in [0.2, 0.25) is 0 Å². The SMILES string of the molecule is Cc1cc(C)c(C(O)CN(C)CC2CCC2)c(C)c1. The van der Waals surface area contributed by atoms with E-state index in [4.69, 9.17) is 0 Å². The van der Waals surface area contributed by atoms with Crippen molar-refractivity contribution in [3.63, 3.8) is 0 Å². The third-order valence-electron chi connectivity index (χ3n) is 4.35. The molecule has 0 radical (unpaired) electrons. The largest absolute Gasteiger partial charge is 0.387 e. The first-order valence-electron chi connectivity index (χ1n) is 7.41. The van der Waals surface area contributed by atoms with Gasteiger partial charge in [0.1, 0.15) is 0 Å². The Labute approximate surface area is 117 Å². The van der Waals surface area contributed by atoms with Crippen LogP contribution in [0.2, 0.25) is 0 Å². The zero-order chi connectivity index (χ0) is 14.0. The summed E-state index contributed by atoms with van der Waals surface area (Å²) in [4.78, 5) is 2.28. The molecule has 1 saturated carbocycles. The second-order valence-corrected chi connectivity index (χ2v) is 6.35. The molecule has 0 spiro atoms. The Kier molecular flexibility index (Phi) is 4.64. The van der Waals surface area contributed by atoms with Crippen molar-refractivity contribution >= 4 is 0 Å². The summed E-state index contributed by atoms with van der Waals surface area (Å²) in [6.07, 6.45) is 3.74. The first kappa shape index (κ1) is 14.5. The second-order valence-electron chi connectivity index (χ2n) is 6.35. The maximum Gasteiger partial charge on any atom is 0.0921 e. The molecule has 0 bridgehead atoms. The summed E-state index contributed by atoms with van der Waals surface area (Å²) >= 11 is 0. The van der Waals surface area contributed by atoms with Gasteiger partial charge in [-0.2, -0.15) is 0 Å². The standard InChI is InChI=1S/C17H27NO/c1-12-8-13(2)17(14(3)9-12)16(19)11-18(4)10-15-6-5-7-15/h8-9,15-16,19H,5-7,10-11H2,1-4H3. The minimum Gasteiger partial charge on any atom is -0.387 e. The van der Waals surface area contributed by atoms with Gasteiger partial charge < -0.3 is 10.0 Å². The van der Waals surface area contributed by atoms with Gasteiger partial charge >= 0.3 is 0 Å². The maximum atomic E-state index is 10.5. The number of hydrogen-bond acceptors (Lipinski definition) is 2. The molecular weight excluding hydrogens is 234 g/mol. The average Bonchev–Trinajstić information content (AvgIpc) is 2.21. The Bertz CT molecular complexity index is 414. The first-order valence-corrected chi connectivity index (χ1v) is 7.41. The number of likely N-dealkylation sites (N-methyl/N-ethyl adjacent to an activating group) is 1. The molecule has 2 heteroatoms. The predicted molar refractivity (Wildman–Crippen MR) is 80.5 cm³/mol. The molecule has 2 rings (SSSR count). The van der Waals surface area contributed by atoms with Gasteiger partial charge in [0.25, 0.3) is 0 Å². The van der Waals surface area contributed by atoms with Crippen LogP contribution < -0.4 is 0 Å². The van der Waals surface area contributed by atoms with Gasteiger partial charge in [-0.15, -0.1) is 0 Å². The van der Waals surface area contributed by atoms with Crippen molar-refractivity contribution in [3.05, 3.63) is 34.4 Å². The van der Waals surface area contributed by atoms with E-state index in [0.717, 1.165) is 24.6 Å². The van der Waals surface area contributed by atoms with E-state index in [9.17, 15) is 5.11 Å². The summed E-state index contributed by atoms with van der Waals surface area (Å²) < 4.78 is 0. The van der Waals surface area contributed by atoms with E-state index in [2.05, 4.69) is 44.9 Å². The fourth-order valence-electron chi connectivity index (χ4n) is 3.29. The zero-order valence-electron chi connectivity index (χ0n) is 12.7. The van der Waals surface area contributed by atoms with E-state index in [0.29, 0.717) is 0 Å². The van der Waals surface area contributed by atoms with Crippen molar-refractivity contribution < 1.29 is 5.11 Å². The van der Waals surface area contributed by atoms with Crippen LogP contribution in [0.25, 0.3) is 0 Å². The number of aliphatic hydroxyl groups excluding tert-OH is 1. The zero-order valence-corrected chi connectivity index (χ0v) is 12.7. The monoisotopic (exact) mass is 261 g/mol. The van der Waals surface area contributed by atoms with Crippen molar-refractivity contribution in [3.8, 4) is 0 Å². The van der Waals surface area contributed by atoms with Gasteiger partial charge in [-0.3, -0.25) is 0 Å². The molecule has 0 aromatic heterocycles. The summed E-state index contributed by atoms with van der Waals surface area (Å²) in [5.41, 5.74) is 4.81. The molecule has 0 amide bonds. The molecule has 1 unspecified atom stereocenters. The van der Waals surface area contributed by atoms with Gasteiger partial charge in [-0.1, -0.05) is 24.1 Å². The molecular formula is C17H27NO. The second kappa shape index (κ2) is 6.06. The van der Waals surface area contributed by atoms with E-state index in [1.54, 1.807) is 0 Å². The van der Waals surface area contributed by atoms with Crippen LogP contribution in [-0.4, -0.2) is 30.1 Å². The van der Waals surface area contributed by atoms with Crippen molar-refractivity contribution in [2.75, 3.05) is 20.1 Å². The lowest BCUT2D eigenvalue weighted by Gasteiger charge is -2.31. The Morgan fingerprint density at radius 3 is 2.26 bits per heavy atom. The lowest BCUT2D eigenvalue weighted by molar-refractivity contribution is 0.106. The molecule has 1 fully saturated rings. The third-order valence-corrected chi connectivity index (χ3v) is 4.35. The molecule has 1 aromatic rings. The number of rotatable bonds is 5. The molecule has 1 aliphatic rings. The molecule has 1 N–H and O–H groups in total. The van der Waals surface area contributed by atoms with Gasteiger partial charge in [-0.25, -0.2) is 0 Å². The number of aliphatic hydroxyl groups is 1. The van der Waals surface area contributed by atoms with E-state index in [1.807, 2.05) is 0 Å². The van der Waals surface area contributed by atoms with E-state index >= 15 is 0 Å². The van der Waals surface area contributed by atoms with E-state index < -0.39 is 0 Å². The number of hydrogen-bond donors (Lipinski definition) is 1. The predicted octanol–water partition coefficient (Wildman–Crippen LogP) is 3.38. The molecule has 0 heterocycles. The summed E-state index contributed by atoms with van der Waals surface area (Å²) in [7, 11) is 2.13. The lowest BCUT2D eigenvalue weighted by Crippen LogP contribution is -2.32. The minimum absolute atomic E-state index is 0.370.